The Morgan fingerprint density at radius 1 is 1.40 bits per heavy atom. The molecule has 7 nitrogen and oxygen atoms in total. The molecule has 1 amide bonds. The molecule has 1 saturated heterocycles. The number of aryl methyl sites for hydroxylation is 2. The van der Waals surface area contributed by atoms with E-state index < -0.39 is 16.1 Å². The zero-order valence-electron chi connectivity index (χ0n) is 13.8. The first kappa shape index (κ1) is 18.3. The van der Waals surface area contributed by atoms with Gasteiger partial charge in [-0.25, -0.2) is 8.42 Å². The van der Waals surface area contributed by atoms with E-state index in [1.54, 1.807) is 19.9 Å². The molecule has 0 aliphatic carbocycles. The van der Waals surface area contributed by atoms with Gasteiger partial charge in [0.25, 0.3) is 0 Å². The SMILES string of the molecule is Cc1noc(C)c1S(=O)(=O)N1CCC[C@H]1C(=O)Nc1cccc(I)c1. The Bertz CT molecular complexity index is 890. The van der Waals surface area contributed by atoms with Gasteiger partial charge in [0.05, 0.1) is 0 Å². The standard InChI is InChI=1S/C16H18IN3O4S/c1-10-15(11(2)24-19-10)25(22,23)20-8-4-7-14(20)16(21)18-13-6-3-5-12(17)9-13/h3,5-6,9,14H,4,7-8H2,1-2H3,(H,18,21)/t14-/m0/s1. The van der Waals surface area contributed by atoms with Gasteiger partial charge in [0, 0.05) is 15.8 Å². The predicted octanol–water partition coefficient (Wildman–Crippen LogP) is 2.69. The third kappa shape index (κ3) is 3.58. The van der Waals surface area contributed by atoms with Crippen molar-refractivity contribution in [1.29, 1.82) is 0 Å². The van der Waals surface area contributed by atoms with Gasteiger partial charge >= 0.3 is 0 Å². The number of benzene rings is 1. The van der Waals surface area contributed by atoms with E-state index in [-0.39, 0.29) is 16.6 Å². The molecule has 1 aliphatic heterocycles. The van der Waals surface area contributed by atoms with Crippen LogP contribution in [0.4, 0.5) is 5.69 Å². The number of hydrogen-bond donors (Lipinski definition) is 1. The second kappa shape index (κ2) is 7.04. The summed E-state index contributed by atoms with van der Waals surface area (Å²) in [6.45, 7) is 3.45. The zero-order chi connectivity index (χ0) is 18.2. The molecule has 9 heteroatoms. The third-order valence-electron chi connectivity index (χ3n) is 4.13. The van der Waals surface area contributed by atoms with Crippen molar-refractivity contribution in [3.05, 3.63) is 39.3 Å². The number of rotatable bonds is 4. The summed E-state index contributed by atoms with van der Waals surface area (Å²) in [6.07, 6.45) is 1.12. The van der Waals surface area contributed by atoms with Crippen LogP contribution in [0.2, 0.25) is 0 Å². The van der Waals surface area contributed by atoms with E-state index in [4.69, 9.17) is 4.52 Å². The van der Waals surface area contributed by atoms with Crippen molar-refractivity contribution in [1.82, 2.24) is 9.46 Å². The number of anilines is 1. The molecule has 0 bridgehead atoms. The molecular weight excluding hydrogens is 457 g/mol. The van der Waals surface area contributed by atoms with E-state index >= 15 is 0 Å². The van der Waals surface area contributed by atoms with Gasteiger partial charge in [-0.1, -0.05) is 11.2 Å². The van der Waals surface area contributed by atoms with Crippen LogP contribution in [0, 0.1) is 17.4 Å². The van der Waals surface area contributed by atoms with Crippen LogP contribution < -0.4 is 5.32 Å². The van der Waals surface area contributed by atoms with Crippen LogP contribution in [0.5, 0.6) is 0 Å². The molecular formula is C16H18IN3O4S. The molecule has 1 aromatic carbocycles. The Kier molecular flexibility index (Phi) is 5.16. The maximum atomic E-state index is 13.0. The highest BCUT2D eigenvalue weighted by molar-refractivity contribution is 14.1. The molecule has 0 spiro atoms. The number of hydrogen-bond acceptors (Lipinski definition) is 5. The van der Waals surface area contributed by atoms with Gasteiger partial charge in [-0.3, -0.25) is 4.79 Å². The van der Waals surface area contributed by atoms with Gasteiger partial charge in [-0.2, -0.15) is 4.31 Å². The van der Waals surface area contributed by atoms with Crippen LogP contribution in [0.25, 0.3) is 0 Å². The molecule has 2 aromatic rings. The number of aromatic nitrogens is 1. The maximum absolute atomic E-state index is 13.0. The van der Waals surface area contributed by atoms with Gasteiger partial charge in [0.15, 0.2) is 5.76 Å². The minimum absolute atomic E-state index is 0.0569. The van der Waals surface area contributed by atoms with Crippen LogP contribution in [0.15, 0.2) is 33.7 Å². The Morgan fingerprint density at radius 2 is 2.16 bits per heavy atom. The van der Waals surface area contributed by atoms with Crippen molar-refractivity contribution >= 4 is 44.2 Å². The van der Waals surface area contributed by atoms with Crippen LogP contribution in [0.3, 0.4) is 0 Å². The smallest absolute Gasteiger partial charge is 0.249 e. The monoisotopic (exact) mass is 475 g/mol. The van der Waals surface area contributed by atoms with Crippen LogP contribution in [-0.2, 0) is 14.8 Å². The minimum Gasteiger partial charge on any atom is -0.360 e. The lowest BCUT2D eigenvalue weighted by atomic mass is 10.2. The Balaban J connectivity index is 1.86. The third-order valence-corrected chi connectivity index (χ3v) is 6.96. The van der Waals surface area contributed by atoms with Gasteiger partial charge in [-0.05, 0) is 67.5 Å². The summed E-state index contributed by atoms with van der Waals surface area (Å²) < 4.78 is 33.2. The van der Waals surface area contributed by atoms with E-state index in [1.165, 1.54) is 4.31 Å². The summed E-state index contributed by atoms with van der Waals surface area (Å²) in [5, 5.41) is 6.53. The lowest BCUT2D eigenvalue weighted by Crippen LogP contribution is -2.43. The van der Waals surface area contributed by atoms with Gasteiger partial charge < -0.3 is 9.84 Å². The highest BCUT2D eigenvalue weighted by Gasteiger charge is 2.41. The van der Waals surface area contributed by atoms with Crippen molar-refractivity contribution in [2.45, 2.75) is 37.6 Å². The molecule has 25 heavy (non-hydrogen) atoms. The van der Waals surface area contributed by atoms with E-state index in [9.17, 15) is 13.2 Å². The first-order chi connectivity index (χ1) is 11.8. The summed E-state index contributed by atoms with van der Waals surface area (Å²) in [5.74, 6) is -0.0870. The maximum Gasteiger partial charge on any atom is 0.249 e. The van der Waals surface area contributed by atoms with E-state index in [0.29, 0.717) is 30.8 Å². The van der Waals surface area contributed by atoms with Crippen LogP contribution in [-0.4, -0.2) is 36.4 Å². The molecule has 134 valence electrons. The number of carbonyl (C=O) groups excluding carboxylic acids is 1. The van der Waals surface area contributed by atoms with Gasteiger partial charge in [-0.15, -0.1) is 0 Å². The molecule has 2 heterocycles. The summed E-state index contributed by atoms with van der Waals surface area (Å²) in [7, 11) is -3.84. The number of nitrogens with one attached hydrogen (secondary N) is 1. The topological polar surface area (TPSA) is 92.5 Å². The van der Waals surface area contributed by atoms with Crippen molar-refractivity contribution in [3.8, 4) is 0 Å². The average Bonchev–Trinajstić information content (AvgIpc) is 3.15. The highest BCUT2D eigenvalue weighted by atomic mass is 127. The molecule has 1 atom stereocenters. The molecule has 0 unspecified atom stereocenters. The molecule has 0 saturated carbocycles. The molecule has 3 rings (SSSR count). The summed E-state index contributed by atoms with van der Waals surface area (Å²) in [4.78, 5) is 12.7. The normalized spacial score (nSPS) is 18.4. The number of nitrogens with zero attached hydrogens (tertiary/aromatic N) is 2. The molecule has 0 radical (unpaired) electrons. The number of carbonyl (C=O) groups is 1. The van der Waals surface area contributed by atoms with E-state index in [0.717, 1.165) is 3.57 Å². The molecule has 1 aliphatic rings. The lowest BCUT2D eigenvalue weighted by molar-refractivity contribution is -0.119. The number of sulfonamides is 1. The van der Waals surface area contributed by atoms with Crippen molar-refractivity contribution < 1.29 is 17.7 Å². The summed E-state index contributed by atoms with van der Waals surface area (Å²) in [6, 6.07) is 6.63. The van der Waals surface area contributed by atoms with Crippen LogP contribution in [0.1, 0.15) is 24.3 Å². The largest absolute Gasteiger partial charge is 0.360 e. The zero-order valence-corrected chi connectivity index (χ0v) is 16.8. The molecule has 1 fully saturated rings. The fourth-order valence-electron chi connectivity index (χ4n) is 3.04. The highest BCUT2D eigenvalue weighted by Crippen LogP contribution is 2.30. The van der Waals surface area contributed by atoms with Crippen LogP contribution >= 0.6 is 22.6 Å². The summed E-state index contributed by atoms with van der Waals surface area (Å²) in [5.41, 5.74) is 0.958. The van der Waals surface area contributed by atoms with Crippen molar-refractivity contribution in [3.63, 3.8) is 0 Å². The number of halogens is 1. The molecule has 1 N–H and O–H groups in total. The fraction of sp³-hybridized carbons (Fsp3) is 0.375. The second-order valence-electron chi connectivity index (χ2n) is 5.93. The second-order valence-corrected chi connectivity index (χ2v) is 9.00. The fourth-order valence-corrected chi connectivity index (χ4v) is 5.54. The Morgan fingerprint density at radius 3 is 2.80 bits per heavy atom. The van der Waals surface area contributed by atoms with E-state index in [2.05, 4.69) is 33.1 Å². The Labute approximate surface area is 159 Å². The van der Waals surface area contributed by atoms with E-state index in [1.807, 2.05) is 18.2 Å². The van der Waals surface area contributed by atoms with Gasteiger partial charge in [0.1, 0.15) is 16.6 Å². The quantitative estimate of drug-likeness (QED) is 0.687. The van der Waals surface area contributed by atoms with Gasteiger partial charge in [0.2, 0.25) is 15.9 Å². The van der Waals surface area contributed by atoms with Crippen molar-refractivity contribution in [2.75, 3.05) is 11.9 Å². The summed E-state index contributed by atoms with van der Waals surface area (Å²) >= 11 is 2.16. The predicted molar refractivity (Wildman–Crippen MR) is 101 cm³/mol. The average molecular weight is 475 g/mol. The lowest BCUT2D eigenvalue weighted by Gasteiger charge is -2.23. The van der Waals surface area contributed by atoms with Crippen molar-refractivity contribution in [2.24, 2.45) is 0 Å². The minimum atomic E-state index is -3.84. The Hall–Kier alpha value is -1.46. The number of amides is 1. The first-order valence-corrected chi connectivity index (χ1v) is 10.3. The molecule has 1 aromatic heterocycles. The first-order valence-electron chi connectivity index (χ1n) is 7.82.